The lowest BCUT2D eigenvalue weighted by Crippen LogP contribution is -2.51. The van der Waals surface area contributed by atoms with Gasteiger partial charge in [-0.1, -0.05) is 0 Å². The predicted octanol–water partition coefficient (Wildman–Crippen LogP) is 0.475. The molecule has 1 amide bonds. The van der Waals surface area contributed by atoms with Crippen molar-refractivity contribution in [3.8, 4) is 0 Å². The van der Waals surface area contributed by atoms with Crippen molar-refractivity contribution in [3.63, 3.8) is 0 Å². The Bertz CT molecular complexity index is 431. The van der Waals surface area contributed by atoms with Crippen LogP contribution in [0.3, 0.4) is 0 Å². The molecule has 2 fully saturated rings. The SMILES string of the molecule is Nc1ccc(N2CCN3C(=O)CCC3C2)nc1. The molecule has 1 unspecified atom stereocenters. The Labute approximate surface area is 100 Å². The number of anilines is 2. The molecule has 2 N–H and O–H groups in total. The fraction of sp³-hybridized carbons (Fsp3) is 0.500. The molecule has 0 radical (unpaired) electrons. The third-order valence-corrected chi connectivity index (χ3v) is 3.59. The molecule has 5 nitrogen and oxygen atoms in total. The topological polar surface area (TPSA) is 62.5 Å². The van der Waals surface area contributed by atoms with Gasteiger partial charge in [0.25, 0.3) is 0 Å². The number of amides is 1. The summed E-state index contributed by atoms with van der Waals surface area (Å²) in [5.41, 5.74) is 6.31. The van der Waals surface area contributed by atoms with Crippen molar-refractivity contribution in [2.75, 3.05) is 30.3 Å². The second-order valence-corrected chi connectivity index (χ2v) is 4.68. The Hall–Kier alpha value is -1.78. The molecule has 3 heterocycles. The summed E-state index contributed by atoms with van der Waals surface area (Å²) in [5.74, 6) is 1.26. The van der Waals surface area contributed by atoms with Crippen LogP contribution >= 0.6 is 0 Å². The number of nitrogens with zero attached hydrogens (tertiary/aromatic N) is 3. The summed E-state index contributed by atoms with van der Waals surface area (Å²) in [6, 6.07) is 4.19. The number of piperazine rings is 1. The molecule has 17 heavy (non-hydrogen) atoms. The fourth-order valence-corrected chi connectivity index (χ4v) is 2.66. The Morgan fingerprint density at radius 2 is 2.24 bits per heavy atom. The number of aromatic nitrogens is 1. The number of nitrogens with two attached hydrogens (primary N) is 1. The third kappa shape index (κ3) is 1.81. The van der Waals surface area contributed by atoms with Crippen LogP contribution in [0.25, 0.3) is 0 Å². The average molecular weight is 232 g/mol. The summed E-state index contributed by atoms with van der Waals surface area (Å²) in [6.07, 6.45) is 3.36. The number of rotatable bonds is 1. The first-order valence-corrected chi connectivity index (χ1v) is 6.00. The van der Waals surface area contributed by atoms with Crippen LogP contribution in [0, 0.1) is 0 Å². The van der Waals surface area contributed by atoms with Crippen molar-refractivity contribution < 1.29 is 4.79 Å². The Morgan fingerprint density at radius 3 is 3.00 bits per heavy atom. The zero-order valence-corrected chi connectivity index (χ0v) is 9.67. The van der Waals surface area contributed by atoms with E-state index < -0.39 is 0 Å². The van der Waals surface area contributed by atoms with Gasteiger partial charge in [-0.05, 0) is 18.6 Å². The van der Waals surface area contributed by atoms with Gasteiger partial charge in [-0.2, -0.15) is 0 Å². The lowest BCUT2D eigenvalue weighted by atomic mass is 10.1. The molecule has 1 aromatic rings. The van der Waals surface area contributed by atoms with Gasteiger partial charge in [-0.3, -0.25) is 4.79 Å². The monoisotopic (exact) mass is 232 g/mol. The molecular weight excluding hydrogens is 216 g/mol. The minimum atomic E-state index is 0.305. The Morgan fingerprint density at radius 1 is 1.35 bits per heavy atom. The van der Waals surface area contributed by atoms with Gasteiger partial charge in [0.2, 0.25) is 5.91 Å². The normalized spacial score (nSPS) is 24.0. The first-order chi connectivity index (χ1) is 8.24. The minimum Gasteiger partial charge on any atom is -0.397 e. The van der Waals surface area contributed by atoms with Gasteiger partial charge in [0.15, 0.2) is 0 Å². The molecule has 1 aromatic heterocycles. The van der Waals surface area contributed by atoms with Gasteiger partial charge in [-0.15, -0.1) is 0 Å². The predicted molar refractivity (Wildman–Crippen MR) is 65.6 cm³/mol. The molecule has 0 aliphatic carbocycles. The van der Waals surface area contributed by atoms with E-state index in [1.54, 1.807) is 6.20 Å². The molecule has 0 saturated carbocycles. The molecular formula is C12H16N4O. The second kappa shape index (κ2) is 3.91. The first-order valence-electron chi connectivity index (χ1n) is 6.00. The maximum absolute atomic E-state index is 11.6. The smallest absolute Gasteiger partial charge is 0.223 e. The van der Waals surface area contributed by atoms with Crippen LogP contribution in [0.4, 0.5) is 11.5 Å². The minimum absolute atomic E-state index is 0.305. The van der Waals surface area contributed by atoms with E-state index in [4.69, 9.17) is 5.73 Å². The van der Waals surface area contributed by atoms with Crippen molar-refractivity contribution in [2.24, 2.45) is 0 Å². The number of carbonyl (C=O) groups is 1. The van der Waals surface area contributed by atoms with Crippen LogP contribution in [0.2, 0.25) is 0 Å². The molecule has 2 aliphatic heterocycles. The Balaban J connectivity index is 1.75. The molecule has 3 rings (SSSR count). The number of nitrogen functional groups attached to an aromatic ring is 1. The van der Waals surface area contributed by atoms with Crippen LogP contribution in [-0.2, 0) is 4.79 Å². The van der Waals surface area contributed by atoms with Crippen LogP contribution in [0.1, 0.15) is 12.8 Å². The highest BCUT2D eigenvalue weighted by atomic mass is 16.2. The molecule has 5 heteroatoms. The molecule has 1 atom stereocenters. The van der Waals surface area contributed by atoms with E-state index in [9.17, 15) is 4.79 Å². The standard InChI is InChI=1S/C12H16N4O/c13-9-1-3-11(14-7-9)15-5-6-16-10(8-15)2-4-12(16)17/h1,3,7,10H,2,4-6,8,13H2. The molecule has 2 saturated heterocycles. The van der Waals surface area contributed by atoms with E-state index >= 15 is 0 Å². The first kappa shape index (κ1) is 10.4. The van der Waals surface area contributed by atoms with E-state index in [1.807, 2.05) is 17.0 Å². The lowest BCUT2D eigenvalue weighted by molar-refractivity contribution is -0.129. The van der Waals surface area contributed by atoms with Crippen molar-refractivity contribution in [3.05, 3.63) is 18.3 Å². The highest BCUT2D eigenvalue weighted by molar-refractivity contribution is 5.79. The molecule has 0 bridgehead atoms. The quantitative estimate of drug-likeness (QED) is 0.764. The Kier molecular flexibility index (Phi) is 2.39. The number of pyridine rings is 1. The van der Waals surface area contributed by atoms with Crippen LogP contribution in [0.5, 0.6) is 0 Å². The summed E-state index contributed by atoms with van der Waals surface area (Å²) in [4.78, 5) is 20.1. The fourth-order valence-electron chi connectivity index (χ4n) is 2.66. The van der Waals surface area contributed by atoms with Crippen molar-refractivity contribution >= 4 is 17.4 Å². The highest BCUT2D eigenvalue weighted by Gasteiger charge is 2.35. The van der Waals surface area contributed by atoms with Gasteiger partial charge >= 0.3 is 0 Å². The maximum atomic E-state index is 11.6. The lowest BCUT2D eigenvalue weighted by Gasteiger charge is -2.38. The second-order valence-electron chi connectivity index (χ2n) is 4.68. The van der Waals surface area contributed by atoms with Crippen molar-refractivity contribution in [1.82, 2.24) is 9.88 Å². The van der Waals surface area contributed by atoms with Crippen LogP contribution < -0.4 is 10.6 Å². The molecule has 2 aliphatic rings. The van der Waals surface area contributed by atoms with Crippen LogP contribution in [-0.4, -0.2) is 41.5 Å². The van der Waals surface area contributed by atoms with Gasteiger partial charge < -0.3 is 15.5 Å². The zero-order valence-electron chi connectivity index (χ0n) is 9.67. The number of hydrogen-bond donors (Lipinski definition) is 1. The maximum Gasteiger partial charge on any atom is 0.223 e. The summed E-state index contributed by atoms with van der Waals surface area (Å²) in [5, 5.41) is 0. The number of fused-ring (bicyclic) bond motifs is 1. The van der Waals surface area contributed by atoms with E-state index in [0.29, 0.717) is 24.1 Å². The van der Waals surface area contributed by atoms with E-state index in [2.05, 4.69) is 9.88 Å². The van der Waals surface area contributed by atoms with E-state index in [0.717, 1.165) is 31.9 Å². The summed E-state index contributed by atoms with van der Waals surface area (Å²) < 4.78 is 0. The molecule has 0 spiro atoms. The number of hydrogen-bond acceptors (Lipinski definition) is 4. The van der Waals surface area contributed by atoms with Gasteiger partial charge in [-0.25, -0.2) is 4.98 Å². The molecule has 90 valence electrons. The number of carbonyl (C=O) groups excluding carboxylic acids is 1. The third-order valence-electron chi connectivity index (χ3n) is 3.59. The zero-order chi connectivity index (χ0) is 11.8. The summed E-state index contributed by atoms with van der Waals surface area (Å²) in [7, 11) is 0. The van der Waals surface area contributed by atoms with Crippen LogP contribution in [0.15, 0.2) is 18.3 Å². The van der Waals surface area contributed by atoms with Crippen molar-refractivity contribution in [1.29, 1.82) is 0 Å². The molecule has 0 aromatic carbocycles. The average Bonchev–Trinajstić information content (AvgIpc) is 2.72. The van der Waals surface area contributed by atoms with Gasteiger partial charge in [0, 0.05) is 32.1 Å². The van der Waals surface area contributed by atoms with E-state index in [-0.39, 0.29) is 0 Å². The van der Waals surface area contributed by atoms with Gasteiger partial charge in [0.1, 0.15) is 5.82 Å². The van der Waals surface area contributed by atoms with E-state index in [1.165, 1.54) is 0 Å². The van der Waals surface area contributed by atoms with Crippen molar-refractivity contribution in [2.45, 2.75) is 18.9 Å². The summed E-state index contributed by atoms with van der Waals surface area (Å²) >= 11 is 0. The largest absolute Gasteiger partial charge is 0.397 e. The summed E-state index contributed by atoms with van der Waals surface area (Å²) in [6.45, 7) is 2.57. The van der Waals surface area contributed by atoms with Gasteiger partial charge in [0.05, 0.1) is 11.9 Å². The highest BCUT2D eigenvalue weighted by Crippen LogP contribution is 2.25.